The Morgan fingerprint density at radius 1 is 1.43 bits per heavy atom. The molecule has 0 bridgehead atoms. The Hall–Kier alpha value is -1.42. The maximum Gasteiger partial charge on any atom is 0.165 e. The molecule has 0 saturated heterocycles. The predicted octanol–water partition coefficient (Wildman–Crippen LogP) is 1.16. The largest absolute Gasteiger partial charge is 0.490 e. The van der Waals surface area contributed by atoms with Crippen LogP contribution in [0, 0.1) is 5.82 Å². The lowest BCUT2D eigenvalue weighted by Crippen LogP contribution is -2.09. The molecule has 0 aliphatic carbocycles. The molecule has 1 N–H and O–H groups in total. The number of ether oxygens (including phenoxy) is 1. The van der Waals surface area contributed by atoms with Crippen molar-refractivity contribution in [3.8, 4) is 5.75 Å². The van der Waals surface area contributed by atoms with Crippen LogP contribution in [0.2, 0.25) is 0 Å². The van der Waals surface area contributed by atoms with Gasteiger partial charge in [0.1, 0.15) is 6.61 Å². The molecule has 1 aromatic rings. The minimum atomic E-state index is -0.499. The fraction of sp³-hybridized carbons (Fsp3) is 0.300. The number of hydrogen-bond donors (Lipinski definition) is 1. The third kappa shape index (κ3) is 3.14. The molecule has 3 nitrogen and oxygen atoms in total. The van der Waals surface area contributed by atoms with Gasteiger partial charge in [-0.1, -0.05) is 12.1 Å². The molecule has 0 aliphatic heterocycles. The highest BCUT2D eigenvalue weighted by Gasteiger charge is 2.03. The predicted molar refractivity (Wildman–Crippen MR) is 48.6 cm³/mol. The van der Waals surface area contributed by atoms with Gasteiger partial charge < -0.3 is 9.84 Å². The molecule has 0 heterocycles. The first-order valence-electron chi connectivity index (χ1n) is 4.24. The lowest BCUT2D eigenvalue weighted by molar-refractivity contribution is -0.122. The third-order valence-corrected chi connectivity index (χ3v) is 1.65. The van der Waals surface area contributed by atoms with Gasteiger partial charge in [-0.2, -0.15) is 0 Å². The second-order valence-corrected chi connectivity index (χ2v) is 2.73. The Morgan fingerprint density at radius 2 is 2.14 bits per heavy atom. The van der Waals surface area contributed by atoms with E-state index in [-0.39, 0.29) is 24.6 Å². The molecular formula is C10H11FO3. The van der Waals surface area contributed by atoms with Crippen LogP contribution < -0.4 is 4.74 Å². The first-order chi connectivity index (χ1) is 6.74. The number of ketones is 1. The molecule has 0 spiro atoms. The van der Waals surface area contributed by atoms with Crippen molar-refractivity contribution in [2.45, 2.75) is 6.42 Å². The fourth-order valence-corrected chi connectivity index (χ4v) is 0.916. The number of Topliss-reactive ketones (excluding diaryl/α,β-unsaturated/α-hetero) is 1. The number of aliphatic hydroxyl groups is 1. The average Bonchev–Trinajstić information content (AvgIpc) is 2.20. The van der Waals surface area contributed by atoms with E-state index >= 15 is 0 Å². The van der Waals surface area contributed by atoms with Gasteiger partial charge in [0, 0.05) is 6.42 Å². The summed E-state index contributed by atoms with van der Waals surface area (Å²) in [4.78, 5) is 10.7. The van der Waals surface area contributed by atoms with Crippen LogP contribution in [-0.4, -0.2) is 24.1 Å². The number of hydrogen-bond acceptors (Lipinski definition) is 3. The first-order valence-corrected chi connectivity index (χ1v) is 4.24. The number of para-hydroxylation sites is 1. The van der Waals surface area contributed by atoms with E-state index in [2.05, 4.69) is 0 Å². The molecule has 1 aromatic carbocycles. The standard InChI is InChI=1S/C10H11FO3/c11-9-3-1-2-4-10(9)14-6-5-8(13)7-12/h1-4,12H,5-7H2. The highest BCUT2D eigenvalue weighted by molar-refractivity contribution is 5.79. The minimum absolute atomic E-state index is 0.0837. The van der Waals surface area contributed by atoms with Crippen molar-refractivity contribution in [2.24, 2.45) is 0 Å². The molecular weight excluding hydrogens is 187 g/mol. The third-order valence-electron chi connectivity index (χ3n) is 1.65. The molecule has 0 unspecified atom stereocenters. The number of carbonyl (C=O) groups excluding carboxylic acids is 1. The van der Waals surface area contributed by atoms with E-state index in [1.807, 2.05) is 0 Å². The molecule has 0 aliphatic rings. The number of rotatable bonds is 5. The van der Waals surface area contributed by atoms with Crippen molar-refractivity contribution in [1.82, 2.24) is 0 Å². The number of halogens is 1. The molecule has 14 heavy (non-hydrogen) atoms. The Bertz CT molecular complexity index is 312. The summed E-state index contributed by atoms with van der Waals surface area (Å²) in [7, 11) is 0. The summed E-state index contributed by atoms with van der Waals surface area (Å²) in [6.07, 6.45) is 0.0881. The summed E-state index contributed by atoms with van der Waals surface area (Å²) in [5, 5.41) is 8.41. The van der Waals surface area contributed by atoms with Gasteiger partial charge in [-0.3, -0.25) is 4.79 Å². The van der Waals surface area contributed by atoms with Crippen LogP contribution in [0.25, 0.3) is 0 Å². The van der Waals surface area contributed by atoms with Crippen LogP contribution in [0.15, 0.2) is 24.3 Å². The summed E-state index contributed by atoms with van der Waals surface area (Å²) in [6, 6.07) is 5.97. The molecule has 1 rings (SSSR count). The molecule has 0 aromatic heterocycles. The zero-order valence-electron chi connectivity index (χ0n) is 7.57. The van der Waals surface area contributed by atoms with Gasteiger partial charge in [-0.15, -0.1) is 0 Å². The van der Waals surface area contributed by atoms with Crippen molar-refractivity contribution < 1.29 is 19.0 Å². The summed E-state index contributed by atoms with van der Waals surface area (Å²) >= 11 is 0. The lowest BCUT2D eigenvalue weighted by Gasteiger charge is -2.05. The minimum Gasteiger partial charge on any atom is -0.490 e. The summed E-state index contributed by atoms with van der Waals surface area (Å²) < 4.78 is 17.9. The van der Waals surface area contributed by atoms with Crippen molar-refractivity contribution in [2.75, 3.05) is 13.2 Å². The molecule has 0 amide bonds. The number of carbonyl (C=O) groups is 1. The molecule has 0 radical (unpaired) electrons. The van der Waals surface area contributed by atoms with E-state index in [9.17, 15) is 9.18 Å². The molecule has 0 fully saturated rings. The maximum absolute atomic E-state index is 12.9. The molecule has 0 saturated carbocycles. The zero-order chi connectivity index (χ0) is 10.4. The highest BCUT2D eigenvalue weighted by atomic mass is 19.1. The Kier molecular flexibility index (Phi) is 4.07. The van der Waals surface area contributed by atoms with Gasteiger partial charge in [0.25, 0.3) is 0 Å². The second kappa shape index (κ2) is 5.34. The normalized spacial score (nSPS) is 9.86. The zero-order valence-corrected chi connectivity index (χ0v) is 7.57. The fourth-order valence-electron chi connectivity index (χ4n) is 0.916. The second-order valence-electron chi connectivity index (χ2n) is 2.73. The van der Waals surface area contributed by atoms with Gasteiger partial charge in [-0.05, 0) is 12.1 Å². The topological polar surface area (TPSA) is 46.5 Å². The molecule has 76 valence electrons. The van der Waals surface area contributed by atoms with Crippen LogP contribution in [0.3, 0.4) is 0 Å². The van der Waals surface area contributed by atoms with Crippen LogP contribution in [0.4, 0.5) is 4.39 Å². The van der Waals surface area contributed by atoms with E-state index < -0.39 is 12.4 Å². The SMILES string of the molecule is O=C(CO)CCOc1ccccc1F. The van der Waals surface area contributed by atoms with Gasteiger partial charge in [-0.25, -0.2) is 4.39 Å². The average molecular weight is 198 g/mol. The monoisotopic (exact) mass is 198 g/mol. The van der Waals surface area contributed by atoms with Gasteiger partial charge in [0.2, 0.25) is 0 Å². The highest BCUT2D eigenvalue weighted by Crippen LogP contribution is 2.15. The molecule has 4 heteroatoms. The van der Waals surface area contributed by atoms with E-state index in [1.54, 1.807) is 12.1 Å². The number of benzene rings is 1. The first kappa shape index (κ1) is 10.7. The van der Waals surface area contributed by atoms with Crippen molar-refractivity contribution >= 4 is 5.78 Å². The van der Waals surface area contributed by atoms with E-state index in [0.717, 1.165) is 0 Å². The van der Waals surface area contributed by atoms with Gasteiger partial charge >= 0.3 is 0 Å². The van der Waals surface area contributed by atoms with Crippen molar-refractivity contribution in [3.63, 3.8) is 0 Å². The lowest BCUT2D eigenvalue weighted by atomic mass is 10.3. The smallest absolute Gasteiger partial charge is 0.165 e. The Balaban J connectivity index is 2.39. The quantitative estimate of drug-likeness (QED) is 0.772. The van der Waals surface area contributed by atoms with Crippen LogP contribution in [-0.2, 0) is 4.79 Å². The maximum atomic E-state index is 12.9. The summed E-state index contributed by atoms with van der Waals surface area (Å²) in [5.74, 6) is -0.650. The van der Waals surface area contributed by atoms with Crippen LogP contribution in [0.5, 0.6) is 5.75 Å². The van der Waals surface area contributed by atoms with Crippen LogP contribution in [0.1, 0.15) is 6.42 Å². The Labute approximate surface area is 81.1 Å². The van der Waals surface area contributed by atoms with E-state index in [1.165, 1.54) is 12.1 Å². The van der Waals surface area contributed by atoms with Crippen molar-refractivity contribution in [3.05, 3.63) is 30.1 Å². The molecule has 0 atom stereocenters. The van der Waals surface area contributed by atoms with Crippen LogP contribution >= 0.6 is 0 Å². The summed E-state index contributed by atoms with van der Waals surface area (Å²) in [5.41, 5.74) is 0. The van der Waals surface area contributed by atoms with Crippen molar-refractivity contribution in [1.29, 1.82) is 0 Å². The Morgan fingerprint density at radius 3 is 2.79 bits per heavy atom. The number of aliphatic hydroxyl groups excluding tert-OH is 1. The van der Waals surface area contributed by atoms with E-state index in [4.69, 9.17) is 9.84 Å². The van der Waals surface area contributed by atoms with Gasteiger partial charge in [0.15, 0.2) is 17.3 Å². The van der Waals surface area contributed by atoms with Gasteiger partial charge in [0.05, 0.1) is 6.61 Å². The van der Waals surface area contributed by atoms with E-state index in [0.29, 0.717) is 0 Å². The summed E-state index contributed by atoms with van der Waals surface area (Å²) in [6.45, 7) is -0.416.